The van der Waals surface area contributed by atoms with Gasteiger partial charge < -0.3 is 15.0 Å². The molecule has 26 heavy (non-hydrogen) atoms. The molecule has 1 aliphatic heterocycles. The number of hydrogen-bond acceptors (Lipinski definition) is 3. The van der Waals surface area contributed by atoms with E-state index in [-0.39, 0.29) is 11.1 Å². The van der Waals surface area contributed by atoms with Gasteiger partial charge in [0.2, 0.25) is 0 Å². The molecule has 1 fully saturated rings. The Labute approximate surface area is 149 Å². The van der Waals surface area contributed by atoms with Crippen molar-refractivity contribution in [3.05, 3.63) is 41.4 Å². The van der Waals surface area contributed by atoms with Crippen LogP contribution in [0.5, 0.6) is 0 Å². The lowest BCUT2D eigenvalue weighted by molar-refractivity contribution is -0.146. The molecule has 1 unspecified atom stereocenters. The zero-order valence-electron chi connectivity index (χ0n) is 15.0. The minimum Gasteiger partial charge on any atom is -0.398 e. The minimum atomic E-state index is -4.71. The molecule has 0 bridgehead atoms. The van der Waals surface area contributed by atoms with Gasteiger partial charge in [0.25, 0.3) is 0 Å². The van der Waals surface area contributed by atoms with Crippen molar-refractivity contribution in [1.29, 1.82) is 0 Å². The minimum absolute atomic E-state index is 0.0818. The normalized spacial score (nSPS) is 21.5. The van der Waals surface area contributed by atoms with E-state index < -0.39 is 48.5 Å². The molecule has 2 N–H and O–H groups in total. The lowest BCUT2D eigenvalue weighted by atomic mass is 9.81. The molecular formula is C17H21BF5NO2. The Kier molecular flexibility index (Phi) is 5.57. The second kappa shape index (κ2) is 6.94. The monoisotopic (exact) mass is 377 g/mol. The smallest absolute Gasteiger partial charge is 0.398 e. The van der Waals surface area contributed by atoms with E-state index in [2.05, 4.69) is 0 Å². The molecule has 0 aromatic heterocycles. The van der Waals surface area contributed by atoms with Gasteiger partial charge in [-0.15, -0.1) is 0 Å². The second-order valence-corrected chi connectivity index (χ2v) is 7.27. The van der Waals surface area contributed by atoms with Crippen LogP contribution < -0.4 is 5.73 Å². The van der Waals surface area contributed by atoms with Gasteiger partial charge in [0.05, 0.1) is 11.2 Å². The van der Waals surface area contributed by atoms with Gasteiger partial charge in [0.15, 0.2) is 0 Å². The SMILES string of the molecule is CC1(C)OB(C(F)=C(CC(N)C(F)(F)F)c2ccc(F)cc2)OC1(C)C. The molecule has 1 atom stereocenters. The summed E-state index contributed by atoms with van der Waals surface area (Å²) in [6.07, 6.45) is -5.54. The van der Waals surface area contributed by atoms with Crippen molar-refractivity contribution in [3.8, 4) is 0 Å². The molecule has 0 aliphatic carbocycles. The molecule has 1 aliphatic rings. The van der Waals surface area contributed by atoms with Crippen molar-refractivity contribution in [1.82, 2.24) is 0 Å². The predicted molar refractivity (Wildman–Crippen MR) is 89.2 cm³/mol. The van der Waals surface area contributed by atoms with Gasteiger partial charge >= 0.3 is 13.3 Å². The van der Waals surface area contributed by atoms with Gasteiger partial charge in [-0.3, -0.25) is 0 Å². The van der Waals surface area contributed by atoms with E-state index in [0.29, 0.717) is 0 Å². The van der Waals surface area contributed by atoms with Crippen LogP contribution in [0.4, 0.5) is 22.0 Å². The molecule has 1 saturated heterocycles. The number of rotatable bonds is 4. The Morgan fingerprint density at radius 2 is 1.54 bits per heavy atom. The summed E-state index contributed by atoms with van der Waals surface area (Å²) >= 11 is 0. The topological polar surface area (TPSA) is 44.5 Å². The zero-order chi connectivity index (χ0) is 19.9. The maximum absolute atomic E-state index is 15.1. The standard InChI is InChI=1S/C17H21BF5NO2/c1-15(2)16(3,4)26-18(25-15)14(20)12(9-13(24)17(21,22)23)10-5-7-11(19)8-6-10/h5-8,13H,9,24H2,1-4H3. The van der Waals surface area contributed by atoms with Gasteiger partial charge in [0, 0.05) is 0 Å². The third kappa shape index (κ3) is 4.27. The van der Waals surface area contributed by atoms with Crippen LogP contribution in [0.25, 0.3) is 5.57 Å². The highest BCUT2D eigenvalue weighted by molar-refractivity contribution is 6.55. The van der Waals surface area contributed by atoms with Crippen molar-refractivity contribution in [2.45, 2.75) is 57.5 Å². The first-order valence-corrected chi connectivity index (χ1v) is 8.07. The van der Waals surface area contributed by atoms with Crippen molar-refractivity contribution in [2.24, 2.45) is 5.73 Å². The van der Waals surface area contributed by atoms with Gasteiger partial charge in [-0.2, -0.15) is 13.2 Å². The van der Waals surface area contributed by atoms with E-state index in [4.69, 9.17) is 15.0 Å². The molecule has 0 saturated carbocycles. The Hall–Kier alpha value is -1.45. The lowest BCUT2D eigenvalue weighted by Gasteiger charge is -2.32. The van der Waals surface area contributed by atoms with Crippen molar-refractivity contribution >= 4 is 12.7 Å². The largest absolute Gasteiger partial charge is 0.525 e. The van der Waals surface area contributed by atoms with Crippen LogP contribution in [0.15, 0.2) is 30.0 Å². The zero-order valence-corrected chi connectivity index (χ0v) is 15.0. The summed E-state index contributed by atoms with van der Waals surface area (Å²) in [7, 11) is -1.47. The molecule has 9 heteroatoms. The number of hydrogen-bond donors (Lipinski definition) is 1. The summed E-state index contributed by atoms with van der Waals surface area (Å²) in [5.41, 5.74) is 2.20. The van der Waals surface area contributed by atoms with Gasteiger partial charge in [-0.05, 0) is 57.4 Å². The first kappa shape index (κ1) is 20.9. The summed E-state index contributed by atoms with van der Waals surface area (Å²) in [5.74, 6) is -0.593. The Bertz CT molecular complexity index is 669. The molecule has 1 aromatic rings. The fourth-order valence-electron chi connectivity index (χ4n) is 2.43. The fourth-order valence-corrected chi connectivity index (χ4v) is 2.43. The van der Waals surface area contributed by atoms with Crippen molar-refractivity contribution in [3.63, 3.8) is 0 Å². The van der Waals surface area contributed by atoms with Crippen molar-refractivity contribution < 1.29 is 31.3 Å². The first-order valence-electron chi connectivity index (χ1n) is 8.07. The first-order chi connectivity index (χ1) is 11.7. The molecule has 0 radical (unpaired) electrons. The summed E-state index contributed by atoms with van der Waals surface area (Å²) < 4.78 is 78.0. The van der Waals surface area contributed by atoms with E-state index in [0.717, 1.165) is 12.1 Å². The van der Waals surface area contributed by atoms with Crippen molar-refractivity contribution in [2.75, 3.05) is 0 Å². The van der Waals surface area contributed by atoms with Crippen LogP contribution in [0.1, 0.15) is 39.7 Å². The van der Waals surface area contributed by atoms with E-state index >= 15 is 4.39 Å². The second-order valence-electron chi connectivity index (χ2n) is 7.27. The molecule has 3 nitrogen and oxygen atoms in total. The summed E-state index contributed by atoms with van der Waals surface area (Å²) in [4.78, 5) is 0. The number of nitrogens with two attached hydrogens (primary N) is 1. The predicted octanol–water partition coefficient (Wildman–Crippen LogP) is 4.42. The Balaban J connectivity index is 2.45. The number of alkyl halides is 3. The third-order valence-corrected chi connectivity index (χ3v) is 4.79. The Morgan fingerprint density at radius 3 is 1.96 bits per heavy atom. The third-order valence-electron chi connectivity index (χ3n) is 4.79. The molecule has 0 spiro atoms. The highest BCUT2D eigenvalue weighted by Crippen LogP contribution is 2.41. The summed E-state index contributed by atoms with van der Waals surface area (Å²) in [5, 5.41) is 0. The highest BCUT2D eigenvalue weighted by Gasteiger charge is 2.54. The molecule has 0 amide bonds. The molecule has 1 heterocycles. The van der Waals surface area contributed by atoms with Crippen LogP contribution in [-0.4, -0.2) is 30.5 Å². The van der Waals surface area contributed by atoms with E-state index in [9.17, 15) is 17.6 Å². The van der Waals surface area contributed by atoms with Crippen LogP contribution in [0.2, 0.25) is 0 Å². The van der Waals surface area contributed by atoms with Crippen LogP contribution in [-0.2, 0) is 9.31 Å². The summed E-state index contributed by atoms with van der Waals surface area (Å²) in [6.45, 7) is 6.77. The lowest BCUT2D eigenvalue weighted by Crippen LogP contribution is -2.41. The molecule has 144 valence electrons. The van der Waals surface area contributed by atoms with Crippen LogP contribution >= 0.6 is 0 Å². The maximum atomic E-state index is 15.1. The van der Waals surface area contributed by atoms with Crippen LogP contribution in [0.3, 0.4) is 0 Å². The summed E-state index contributed by atoms with van der Waals surface area (Å²) in [6, 6.07) is 2.17. The van der Waals surface area contributed by atoms with Gasteiger partial charge in [0.1, 0.15) is 17.6 Å². The molecular weight excluding hydrogens is 356 g/mol. The molecule has 1 aromatic carbocycles. The highest BCUT2D eigenvalue weighted by atomic mass is 19.4. The number of halogens is 5. The maximum Gasteiger partial charge on any atom is 0.525 e. The van der Waals surface area contributed by atoms with E-state index in [1.165, 1.54) is 12.1 Å². The van der Waals surface area contributed by atoms with E-state index in [1.807, 2.05) is 0 Å². The fraction of sp³-hybridized carbons (Fsp3) is 0.529. The average molecular weight is 377 g/mol. The molecule has 2 rings (SSSR count). The van der Waals surface area contributed by atoms with Gasteiger partial charge in [-0.25, -0.2) is 8.78 Å². The van der Waals surface area contributed by atoms with Crippen LogP contribution in [0, 0.1) is 5.82 Å². The average Bonchev–Trinajstić information content (AvgIpc) is 2.72. The van der Waals surface area contributed by atoms with E-state index in [1.54, 1.807) is 27.7 Å². The van der Waals surface area contributed by atoms with Gasteiger partial charge in [-0.1, -0.05) is 12.1 Å². The number of benzene rings is 1. The quantitative estimate of drug-likeness (QED) is 0.624. The Morgan fingerprint density at radius 1 is 1.08 bits per heavy atom.